The van der Waals surface area contributed by atoms with Gasteiger partial charge in [0.25, 0.3) is 0 Å². The van der Waals surface area contributed by atoms with E-state index in [1.807, 2.05) is 11.6 Å². The highest BCUT2D eigenvalue weighted by atomic mass is 32.1. The molecule has 0 radical (unpaired) electrons. The molecule has 0 aliphatic carbocycles. The topological polar surface area (TPSA) is 24.9 Å². The van der Waals surface area contributed by atoms with Crippen LogP contribution in [0.3, 0.4) is 0 Å². The molecule has 3 heteroatoms. The van der Waals surface area contributed by atoms with E-state index in [4.69, 9.17) is 0 Å². The molecule has 0 amide bonds. The Morgan fingerprint density at radius 3 is 2.47 bits per heavy atom. The Bertz CT molecular complexity index is 476. The van der Waals surface area contributed by atoms with Crippen molar-refractivity contribution in [3.63, 3.8) is 0 Å². The van der Waals surface area contributed by atoms with Crippen LogP contribution >= 0.6 is 11.3 Å². The second-order valence-electron chi connectivity index (χ2n) is 4.81. The molecular formula is C16H22N2S. The van der Waals surface area contributed by atoms with Gasteiger partial charge in [-0.25, -0.2) is 4.98 Å². The van der Waals surface area contributed by atoms with E-state index in [0.29, 0.717) is 12.1 Å². The van der Waals surface area contributed by atoms with Crippen LogP contribution in [0.2, 0.25) is 0 Å². The van der Waals surface area contributed by atoms with E-state index in [0.717, 1.165) is 17.8 Å². The van der Waals surface area contributed by atoms with Crippen molar-refractivity contribution >= 4 is 11.3 Å². The number of thiazole rings is 1. The smallest absolute Gasteiger partial charge is 0.109 e. The molecule has 1 N–H and O–H groups in total. The molecule has 0 spiro atoms. The zero-order valence-electron chi connectivity index (χ0n) is 11.9. The summed E-state index contributed by atoms with van der Waals surface area (Å²) >= 11 is 1.71. The highest BCUT2D eigenvalue weighted by Gasteiger charge is 2.15. The molecule has 2 unspecified atom stereocenters. The van der Waals surface area contributed by atoms with Crippen LogP contribution in [0.25, 0.3) is 0 Å². The summed E-state index contributed by atoms with van der Waals surface area (Å²) in [5, 5.41) is 6.86. The summed E-state index contributed by atoms with van der Waals surface area (Å²) in [6.45, 7) is 6.59. The lowest BCUT2D eigenvalue weighted by molar-refractivity contribution is 0.455. The second-order valence-corrected chi connectivity index (χ2v) is 5.74. The maximum absolute atomic E-state index is 4.38. The Kier molecular flexibility index (Phi) is 5.11. The van der Waals surface area contributed by atoms with Gasteiger partial charge in [-0.3, -0.25) is 0 Å². The van der Waals surface area contributed by atoms with Gasteiger partial charge in [0, 0.05) is 17.6 Å². The first-order valence-corrected chi connectivity index (χ1v) is 7.86. The Balaban J connectivity index is 2.06. The Morgan fingerprint density at radius 1 is 1.21 bits per heavy atom. The predicted octanol–water partition coefficient (Wildman–Crippen LogP) is 4.51. The first-order valence-electron chi connectivity index (χ1n) is 6.98. The molecule has 0 saturated heterocycles. The summed E-state index contributed by atoms with van der Waals surface area (Å²) in [7, 11) is 0. The van der Waals surface area contributed by atoms with Crippen molar-refractivity contribution < 1.29 is 0 Å². The van der Waals surface area contributed by atoms with Crippen LogP contribution in [-0.4, -0.2) is 4.98 Å². The summed E-state index contributed by atoms with van der Waals surface area (Å²) in [6.07, 6.45) is 4.05. The van der Waals surface area contributed by atoms with Crippen LogP contribution in [0.1, 0.15) is 55.4 Å². The molecule has 0 aliphatic rings. The number of nitrogens with one attached hydrogen (secondary N) is 1. The Labute approximate surface area is 119 Å². The van der Waals surface area contributed by atoms with Crippen LogP contribution < -0.4 is 5.32 Å². The van der Waals surface area contributed by atoms with Crippen LogP contribution in [0.15, 0.2) is 35.8 Å². The minimum absolute atomic E-state index is 0.302. The van der Waals surface area contributed by atoms with Crippen molar-refractivity contribution in [3.8, 4) is 0 Å². The quantitative estimate of drug-likeness (QED) is 0.838. The molecular weight excluding hydrogens is 252 g/mol. The highest BCUT2D eigenvalue weighted by Crippen LogP contribution is 2.23. The van der Waals surface area contributed by atoms with Gasteiger partial charge in [0.05, 0.1) is 6.04 Å². The van der Waals surface area contributed by atoms with Crippen LogP contribution in [-0.2, 0) is 6.42 Å². The number of aromatic nitrogens is 1. The molecule has 19 heavy (non-hydrogen) atoms. The van der Waals surface area contributed by atoms with E-state index in [2.05, 4.69) is 55.3 Å². The van der Waals surface area contributed by atoms with Crippen molar-refractivity contribution in [2.45, 2.75) is 45.7 Å². The molecule has 1 aromatic carbocycles. The predicted molar refractivity (Wildman–Crippen MR) is 82.5 cm³/mol. The normalized spacial score (nSPS) is 14.3. The molecule has 2 atom stereocenters. The van der Waals surface area contributed by atoms with E-state index in [1.54, 1.807) is 11.3 Å². The van der Waals surface area contributed by atoms with Gasteiger partial charge >= 0.3 is 0 Å². The van der Waals surface area contributed by atoms with Crippen molar-refractivity contribution in [2.24, 2.45) is 0 Å². The number of benzene rings is 1. The third-order valence-electron chi connectivity index (χ3n) is 3.47. The van der Waals surface area contributed by atoms with Gasteiger partial charge in [-0.1, -0.05) is 38.1 Å². The number of hydrogen-bond acceptors (Lipinski definition) is 3. The highest BCUT2D eigenvalue weighted by molar-refractivity contribution is 7.09. The van der Waals surface area contributed by atoms with Gasteiger partial charge in [-0.2, -0.15) is 0 Å². The molecule has 0 fully saturated rings. The number of nitrogens with zero attached hydrogens (tertiary/aromatic N) is 1. The van der Waals surface area contributed by atoms with E-state index in [9.17, 15) is 0 Å². The molecule has 1 heterocycles. The lowest BCUT2D eigenvalue weighted by Gasteiger charge is -2.21. The van der Waals surface area contributed by atoms with Crippen LogP contribution in [0.4, 0.5) is 0 Å². The zero-order chi connectivity index (χ0) is 13.7. The Hall–Kier alpha value is -1.19. The maximum atomic E-state index is 4.38. The first-order chi connectivity index (χ1) is 9.24. The Morgan fingerprint density at radius 2 is 1.95 bits per heavy atom. The van der Waals surface area contributed by atoms with E-state index in [-0.39, 0.29) is 0 Å². The van der Waals surface area contributed by atoms with Crippen LogP contribution in [0, 0.1) is 0 Å². The van der Waals surface area contributed by atoms with E-state index < -0.39 is 0 Å². The van der Waals surface area contributed by atoms with Crippen molar-refractivity contribution in [2.75, 3.05) is 0 Å². The fourth-order valence-electron chi connectivity index (χ4n) is 2.26. The minimum atomic E-state index is 0.302. The molecule has 2 nitrogen and oxygen atoms in total. The number of aryl methyl sites for hydroxylation is 1. The summed E-state index contributed by atoms with van der Waals surface area (Å²) in [5.74, 6) is 0. The molecule has 102 valence electrons. The van der Waals surface area contributed by atoms with Gasteiger partial charge < -0.3 is 5.32 Å². The number of hydrogen-bond donors (Lipinski definition) is 1. The summed E-state index contributed by atoms with van der Waals surface area (Å²) in [5.41, 5.74) is 2.76. The van der Waals surface area contributed by atoms with Gasteiger partial charge in [0.1, 0.15) is 5.01 Å². The van der Waals surface area contributed by atoms with Gasteiger partial charge in [-0.15, -0.1) is 11.3 Å². The largest absolute Gasteiger partial charge is 0.301 e. The summed E-state index contributed by atoms with van der Waals surface area (Å²) < 4.78 is 0. The molecule has 1 aromatic heterocycles. The maximum Gasteiger partial charge on any atom is 0.109 e. The van der Waals surface area contributed by atoms with Crippen LogP contribution in [0.5, 0.6) is 0 Å². The lowest BCUT2D eigenvalue weighted by Crippen LogP contribution is -2.24. The van der Waals surface area contributed by atoms with E-state index in [1.165, 1.54) is 11.1 Å². The monoisotopic (exact) mass is 274 g/mol. The zero-order valence-corrected chi connectivity index (χ0v) is 12.7. The van der Waals surface area contributed by atoms with Gasteiger partial charge in [0.2, 0.25) is 0 Å². The minimum Gasteiger partial charge on any atom is -0.301 e. The lowest BCUT2D eigenvalue weighted by atomic mass is 10.0. The van der Waals surface area contributed by atoms with E-state index >= 15 is 0 Å². The average molecular weight is 274 g/mol. The molecule has 2 rings (SSSR count). The van der Waals surface area contributed by atoms with Gasteiger partial charge in [0.15, 0.2) is 0 Å². The van der Waals surface area contributed by atoms with Crippen molar-refractivity contribution in [3.05, 3.63) is 52.0 Å². The molecule has 0 bridgehead atoms. The molecule has 0 aliphatic heterocycles. The van der Waals surface area contributed by atoms with Crippen molar-refractivity contribution in [1.82, 2.24) is 10.3 Å². The third kappa shape index (κ3) is 3.64. The number of rotatable bonds is 6. The third-order valence-corrected chi connectivity index (χ3v) is 4.43. The second kappa shape index (κ2) is 6.83. The summed E-state index contributed by atoms with van der Waals surface area (Å²) in [4.78, 5) is 4.38. The molecule has 2 aromatic rings. The standard InChI is InChI=1S/C16H22N2S/c1-4-13-6-8-14(9-7-13)15(5-2)18-12(3)16-17-10-11-19-16/h6-12,15,18H,4-5H2,1-3H3. The summed E-state index contributed by atoms with van der Waals surface area (Å²) in [6, 6.07) is 9.64. The van der Waals surface area contributed by atoms with Crippen molar-refractivity contribution in [1.29, 1.82) is 0 Å². The SMILES string of the molecule is CCc1ccc(C(CC)NC(C)c2nccs2)cc1. The fraction of sp³-hybridized carbons (Fsp3) is 0.438. The average Bonchev–Trinajstić information content (AvgIpc) is 2.99. The molecule has 0 saturated carbocycles. The van der Waals surface area contributed by atoms with Gasteiger partial charge in [-0.05, 0) is 30.9 Å². The first kappa shape index (κ1) is 14.2. The fourth-order valence-corrected chi connectivity index (χ4v) is 2.91.